The summed E-state index contributed by atoms with van der Waals surface area (Å²) in [5.41, 5.74) is 0.0369. The fraction of sp³-hybridized carbons (Fsp3) is 0.938. The molecule has 0 N–H and O–H groups in total. The van der Waals surface area contributed by atoms with Crippen molar-refractivity contribution < 1.29 is 9.53 Å². The summed E-state index contributed by atoms with van der Waals surface area (Å²) in [5.74, 6) is 4.18. The van der Waals surface area contributed by atoms with E-state index in [9.17, 15) is 4.79 Å². The lowest BCUT2D eigenvalue weighted by atomic mass is 9.79. The average molecular weight is 347 g/mol. The van der Waals surface area contributed by atoms with E-state index in [1.165, 1.54) is 11.5 Å². The fourth-order valence-corrected chi connectivity index (χ4v) is 7.75. The Hall–Kier alpha value is 0.680. The molecule has 0 aromatic carbocycles. The van der Waals surface area contributed by atoms with Crippen molar-refractivity contribution in [3.63, 3.8) is 0 Å². The third-order valence-electron chi connectivity index (χ3n) is 5.17. The predicted molar refractivity (Wildman–Crippen MR) is 95.7 cm³/mol. The lowest BCUT2D eigenvalue weighted by Gasteiger charge is -2.44. The number of ketones is 1. The first kappa shape index (κ1) is 16.5. The molecule has 3 aliphatic rings. The van der Waals surface area contributed by atoms with Crippen molar-refractivity contribution in [3.05, 3.63) is 0 Å². The first-order valence-corrected chi connectivity index (χ1v) is 11.3. The second-order valence-corrected chi connectivity index (χ2v) is 10.8. The smallest absolute Gasteiger partial charge is 0.149 e. The summed E-state index contributed by atoms with van der Waals surface area (Å²) in [6, 6.07) is 0. The Morgan fingerprint density at radius 3 is 2.67 bits per heavy atom. The monoisotopic (exact) mass is 346 g/mol. The molecule has 0 radical (unpaired) electrons. The normalized spacial score (nSPS) is 40.1. The van der Waals surface area contributed by atoms with Gasteiger partial charge < -0.3 is 4.74 Å². The van der Waals surface area contributed by atoms with Crippen molar-refractivity contribution >= 4 is 41.1 Å². The number of ether oxygens (including phenoxy) is 1. The Morgan fingerprint density at radius 2 is 1.95 bits per heavy atom. The highest BCUT2D eigenvalue weighted by Crippen LogP contribution is 2.43. The van der Waals surface area contributed by atoms with E-state index in [1.807, 2.05) is 35.3 Å². The van der Waals surface area contributed by atoms with Crippen LogP contribution < -0.4 is 0 Å². The molecule has 2 nitrogen and oxygen atoms in total. The molecule has 3 fully saturated rings. The van der Waals surface area contributed by atoms with E-state index in [2.05, 4.69) is 13.8 Å². The minimum atomic E-state index is 0.0369. The van der Waals surface area contributed by atoms with Crippen LogP contribution in [-0.4, -0.2) is 51.0 Å². The van der Waals surface area contributed by atoms with Crippen molar-refractivity contribution in [2.45, 2.75) is 60.9 Å². The zero-order chi connectivity index (χ0) is 14.9. The zero-order valence-corrected chi connectivity index (χ0v) is 15.5. The van der Waals surface area contributed by atoms with Crippen molar-refractivity contribution in [2.24, 2.45) is 5.92 Å². The van der Waals surface area contributed by atoms with Crippen LogP contribution in [0.3, 0.4) is 0 Å². The Morgan fingerprint density at radius 1 is 1.19 bits per heavy atom. The molecule has 3 saturated heterocycles. The maximum Gasteiger partial charge on any atom is 0.149 e. The standard InChI is InChI=1S/C16H26O2S3/c1-11-12(2)21-14(10-20-11)15(17)13-3-6-18-16(9-13)4-7-19-8-5-16/h11-14H,3-10H2,1-2H3. The second kappa shape index (κ2) is 7.06. The van der Waals surface area contributed by atoms with Gasteiger partial charge in [-0.15, -0.1) is 11.8 Å². The van der Waals surface area contributed by atoms with E-state index in [1.54, 1.807) is 0 Å². The average Bonchev–Trinajstić information content (AvgIpc) is 2.50. The van der Waals surface area contributed by atoms with Gasteiger partial charge in [0.25, 0.3) is 0 Å². The number of hydrogen-bond donors (Lipinski definition) is 0. The third-order valence-corrected chi connectivity index (χ3v) is 9.56. The molecule has 1 spiro atoms. The lowest BCUT2D eigenvalue weighted by Crippen LogP contribution is -2.46. The van der Waals surface area contributed by atoms with Crippen LogP contribution in [0.15, 0.2) is 0 Å². The molecule has 0 bridgehead atoms. The van der Waals surface area contributed by atoms with Crippen molar-refractivity contribution in [2.75, 3.05) is 23.9 Å². The molecule has 3 heterocycles. The fourth-order valence-electron chi connectivity index (χ4n) is 3.56. The van der Waals surface area contributed by atoms with Crippen LogP contribution >= 0.6 is 35.3 Å². The molecule has 5 heteroatoms. The van der Waals surface area contributed by atoms with Gasteiger partial charge in [-0.2, -0.15) is 23.5 Å². The van der Waals surface area contributed by atoms with Crippen molar-refractivity contribution in [1.82, 2.24) is 0 Å². The highest BCUT2D eigenvalue weighted by atomic mass is 32.2. The van der Waals surface area contributed by atoms with Gasteiger partial charge in [-0.25, -0.2) is 0 Å². The highest BCUT2D eigenvalue weighted by molar-refractivity contribution is 8.08. The van der Waals surface area contributed by atoms with Crippen molar-refractivity contribution in [3.8, 4) is 0 Å². The minimum absolute atomic E-state index is 0.0369. The molecule has 21 heavy (non-hydrogen) atoms. The van der Waals surface area contributed by atoms with Gasteiger partial charge in [-0.1, -0.05) is 13.8 Å². The Labute approximate surface area is 141 Å². The molecule has 0 saturated carbocycles. The van der Waals surface area contributed by atoms with Crippen LogP contribution in [0.25, 0.3) is 0 Å². The number of Topliss-reactive ketones (excluding diaryl/α,β-unsaturated/α-hetero) is 1. The molecule has 0 aromatic heterocycles. The number of carbonyl (C=O) groups excluding carboxylic acids is 1. The lowest BCUT2D eigenvalue weighted by molar-refractivity contribution is -0.137. The highest BCUT2D eigenvalue weighted by Gasteiger charge is 2.43. The molecule has 3 rings (SSSR count). The van der Waals surface area contributed by atoms with Gasteiger partial charge in [0.05, 0.1) is 10.9 Å². The van der Waals surface area contributed by atoms with E-state index in [0.717, 1.165) is 38.0 Å². The van der Waals surface area contributed by atoms with E-state index >= 15 is 0 Å². The second-order valence-electron chi connectivity index (χ2n) is 6.60. The van der Waals surface area contributed by atoms with Gasteiger partial charge in [-0.05, 0) is 37.2 Å². The SMILES string of the molecule is CC1SCC(C(=O)C2CCOC3(CCSCC3)C2)SC1C. The molecule has 3 aliphatic heterocycles. The summed E-state index contributed by atoms with van der Waals surface area (Å²) in [5, 5.41) is 1.49. The van der Waals surface area contributed by atoms with Gasteiger partial charge in [0.2, 0.25) is 0 Å². The predicted octanol–water partition coefficient (Wildman–Crippen LogP) is 3.87. The molecule has 120 valence electrons. The molecule has 0 aliphatic carbocycles. The van der Waals surface area contributed by atoms with E-state index in [-0.39, 0.29) is 16.8 Å². The number of thioether (sulfide) groups is 3. The van der Waals surface area contributed by atoms with Gasteiger partial charge in [-0.3, -0.25) is 4.79 Å². The van der Waals surface area contributed by atoms with Crippen LogP contribution in [0.4, 0.5) is 0 Å². The summed E-state index contributed by atoms with van der Waals surface area (Å²) in [6.07, 6.45) is 4.21. The van der Waals surface area contributed by atoms with Gasteiger partial charge >= 0.3 is 0 Å². The molecule has 4 atom stereocenters. The number of rotatable bonds is 2. The summed E-state index contributed by atoms with van der Waals surface area (Å²) in [6.45, 7) is 5.34. The minimum Gasteiger partial charge on any atom is -0.375 e. The Bertz CT molecular complexity index is 376. The summed E-state index contributed by atoms with van der Waals surface area (Å²) in [7, 11) is 0. The zero-order valence-electron chi connectivity index (χ0n) is 13.0. The summed E-state index contributed by atoms with van der Waals surface area (Å²) in [4.78, 5) is 12.9. The van der Waals surface area contributed by atoms with Gasteiger partial charge in [0.1, 0.15) is 5.78 Å². The van der Waals surface area contributed by atoms with Crippen LogP contribution in [0.2, 0.25) is 0 Å². The number of hydrogen-bond acceptors (Lipinski definition) is 5. The molecule has 4 unspecified atom stereocenters. The maximum absolute atomic E-state index is 12.9. The van der Waals surface area contributed by atoms with Gasteiger partial charge in [0.15, 0.2) is 0 Å². The van der Waals surface area contributed by atoms with E-state index in [0.29, 0.717) is 16.3 Å². The largest absolute Gasteiger partial charge is 0.375 e. The first-order chi connectivity index (χ1) is 10.1. The van der Waals surface area contributed by atoms with Gasteiger partial charge in [0, 0.05) is 28.8 Å². The topological polar surface area (TPSA) is 26.3 Å². The molecule has 0 aromatic rings. The van der Waals surface area contributed by atoms with Crippen LogP contribution in [-0.2, 0) is 9.53 Å². The maximum atomic E-state index is 12.9. The van der Waals surface area contributed by atoms with Crippen LogP contribution in [0.1, 0.15) is 39.5 Å². The van der Waals surface area contributed by atoms with Crippen molar-refractivity contribution in [1.29, 1.82) is 0 Å². The molecular weight excluding hydrogens is 320 g/mol. The Kier molecular flexibility index (Phi) is 5.56. The number of carbonyl (C=O) groups is 1. The quantitative estimate of drug-likeness (QED) is 0.756. The molecule has 0 amide bonds. The third kappa shape index (κ3) is 3.78. The van der Waals surface area contributed by atoms with E-state index in [4.69, 9.17) is 4.74 Å². The molecular formula is C16H26O2S3. The first-order valence-electron chi connectivity index (χ1n) is 8.12. The van der Waals surface area contributed by atoms with Crippen LogP contribution in [0, 0.1) is 5.92 Å². The Balaban J connectivity index is 1.61. The summed E-state index contributed by atoms with van der Waals surface area (Å²) < 4.78 is 6.13. The van der Waals surface area contributed by atoms with Crippen LogP contribution in [0.5, 0.6) is 0 Å². The summed E-state index contributed by atoms with van der Waals surface area (Å²) >= 11 is 5.92. The van der Waals surface area contributed by atoms with E-state index < -0.39 is 0 Å².